The summed E-state index contributed by atoms with van der Waals surface area (Å²) in [6.07, 6.45) is 3.62. The number of carbonyl (C=O) groups is 1. The monoisotopic (exact) mass is 295 g/mol. The van der Waals surface area contributed by atoms with E-state index in [-0.39, 0.29) is 24.1 Å². The van der Waals surface area contributed by atoms with Gasteiger partial charge in [0.25, 0.3) is 0 Å². The Morgan fingerprint density at radius 2 is 2.29 bits per heavy atom. The van der Waals surface area contributed by atoms with Crippen LogP contribution in [0.2, 0.25) is 0 Å². The first-order valence-corrected chi connectivity index (χ1v) is 7.53. The first-order chi connectivity index (χ1) is 9.96. The zero-order valence-electron chi connectivity index (χ0n) is 13.0. The molecule has 1 heterocycles. The molecule has 1 aliphatic carbocycles. The molecular weight excluding hydrogens is 270 g/mol. The number of urea groups is 1. The van der Waals surface area contributed by atoms with Crippen molar-refractivity contribution in [2.24, 2.45) is 5.41 Å². The standard InChI is InChI=1S/C15H25N3O3/c1-10-12(11(2)21-18-10)6-8-16-14(20)17-13-5-4-7-15(13,3)9-19/h13,19H,4-9H2,1-3H3,(H2,16,17,20). The van der Waals surface area contributed by atoms with Gasteiger partial charge in [-0.1, -0.05) is 18.5 Å². The Hall–Kier alpha value is -1.56. The molecule has 0 saturated heterocycles. The van der Waals surface area contributed by atoms with Crippen molar-refractivity contribution in [3.63, 3.8) is 0 Å². The smallest absolute Gasteiger partial charge is 0.315 e. The number of rotatable bonds is 5. The fourth-order valence-corrected chi connectivity index (χ4v) is 3.04. The Balaban J connectivity index is 1.78. The van der Waals surface area contributed by atoms with Crippen molar-refractivity contribution < 1.29 is 14.4 Å². The van der Waals surface area contributed by atoms with Crippen LogP contribution in [-0.2, 0) is 6.42 Å². The number of aliphatic hydroxyl groups excluding tert-OH is 1. The molecule has 1 saturated carbocycles. The fraction of sp³-hybridized carbons (Fsp3) is 0.733. The van der Waals surface area contributed by atoms with Gasteiger partial charge in [0, 0.05) is 23.6 Å². The third kappa shape index (κ3) is 3.56. The topological polar surface area (TPSA) is 87.4 Å². The van der Waals surface area contributed by atoms with Crippen LogP contribution in [0.1, 0.15) is 43.2 Å². The number of nitrogens with zero attached hydrogens (tertiary/aromatic N) is 1. The highest BCUT2D eigenvalue weighted by Gasteiger charge is 2.39. The summed E-state index contributed by atoms with van der Waals surface area (Å²) in [6, 6.07) is -0.130. The van der Waals surface area contributed by atoms with Crippen molar-refractivity contribution in [1.29, 1.82) is 0 Å². The van der Waals surface area contributed by atoms with E-state index in [1.807, 2.05) is 20.8 Å². The zero-order chi connectivity index (χ0) is 15.5. The Labute approximate surface area is 125 Å². The highest BCUT2D eigenvalue weighted by molar-refractivity contribution is 5.74. The maximum absolute atomic E-state index is 12.0. The zero-order valence-corrected chi connectivity index (χ0v) is 13.0. The fourth-order valence-electron chi connectivity index (χ4n) is 3.04. The van der Waals surface area contributed by atoms with Gasteiger partial charge in [-0.05, 0) is 33.1 Å². The van der Waals surface area contributed by atoms with E-state index in [4.69, 9.17) is 4.52 Å². The molecule has 0 aliphatic heterocycles. The molecule has 2 rings (SSSR count). The summed E-state index contributed by atoms with van der Waals surface area (Å²) >= 11 is 0. The van der Waals surface area contributed by atoms with Crippen molar-refractivity contribution in [3.05, 3.63) is 17.0 Å². The minimum absolute atomic E-state index is 0.0431. The highest BCUT2D eigenvalue weighted by atomic mass is 16.5. The number of aromatic nitrogens is 1. The molecule has 118 valence electrons. The Morgan fingerprint density at radius 3 is 2.90 bits per heavy atom. The third-order valence-corrected chi connectivity index (χ3v) is 4.59. The van der Waals surface area contributed by atoms with Crippen LogP contribution in [0.4, 0.5) is 4.79 Å². The summed E-state index contributed by atoms with van der Waals surface area (Å²) in [6.45, 7) is 6.45. The molecule has 6 nitrogen and oxygen atoms in total. The average Bonchev–Trinajstić information content (AvgIpc) is 2.97. The highest BCUT2D eigenvalue weighted by Crippen LogP contribution is 2.37. The molecule has 0 aromatic carbocycles. The van der Waals surface area contributed by atoms with Crippen LogP contribution >= 0.6 is 0 Å². The van der Waals surface area contributed by atoms with Gasteiger partial charge in [-0.15, -0.1) is 0 Å². The molecule has 6 heteroatoms. The van der Waals surface area contributed by atoms with Gasteiger partial charge in [0.15, 0.2) is 0 Å². The first kappa shape index (κ1) is 15.8. The van der Waals surface area contributed by atoms with Crippen molar-refractivity contribution in [3.8, 4) is 0 Å². The first-order valence-electron chi connectivity index (χ1n) is 7.53. The quantitative estimate of drug-likeness (QED) is 0.771. The molecule has 0 bridgehead atoms. The van der Waals surface area contributed by atoms with Crippen molar-refractivity contribution in [2.45, 2.75) is 52.5 Å². The maximum atomic E-state index is 12.0. The lowest BCUT2D eigenvalue weighted by atomic mass is 9.86. The maximum Gasteiger partial charge on any atom is 0.315 e. The van der Waals surface area contributed by atoms with Gasteiger partial charge in [-0.3, -0.25) is 0 Å². The van der Waals surface area contributed by atoms with Gasteiger partial charge >= 0.3 is 6.03 Å². The van der Waals surface area contributed by atoms with E-state index < -0.39 is 0 Å². The van der Waals surface area contributed by atoms with Crippen molar-refractivity contribution in [2.75, 3.05) is 13.2 Å². The van der Waals surface area contributed by atoms with Crippen LogP contribution in [0.3, 0.4) is 0 Å². The summed E-state index contributed by atoms with van der Waals surface area (Å²) < 4.78 is 5.10. The second-order valence-electron chi connectivity index (χ2n) is 6.21. The number of amides is 2. The minimum atomic E-state index is -0.195. The number of hydrogen-bond acceptors (Lipinski definition) is 4. The summed E-state index contributed by atoms with van der Waals surface area (Å²) in [7, 11) is 0. The number of hydrogen-bond donors (Lipinski definition) is 3. The lowest BCUT2D eigenvalue weighted by Crippen LogP contribution is -2.48. The van der Waals surface area contributed by atoms with Crippen LogP contribution in [0.15, 0.2) is 4.52 Å². The van der Waals surface area contributed by atoms with E-state index in [2.05, 4.69) is 15.8 Å². The Kier molecular flexibility index (Phi) is 4.88. The number of aryl methyl sites for hydroxylation is 2. The number of carbonyl (C=O) groups excluding carboxylic acids is 1. The molecule has 1 fully saturated rings. The van der Waals surface area contributed by atoms with Gasteiger partial charge in [0.1, 0.15) is 5.76 Å². The Bertz CT molecular complexity index is 481. The summed E-state index contributed by atoms with van der Waals surface area (Å²) in [4.78, 5) is 12.0. The molecule has 1 aromatic heterocycles. The second kappa shape index (κ2) is 6.47. The minimum Gasteiger partial charge on any atom is -0.396 e. The molecule has 1 aliphatic rings. The lowest BCUT2D eigenvalue weighted by Gasteiger charge is -2.30. The second-order valence-corrected chi connectivity index (χ2v) is 6.21. The Morgan fingerprint density at radius 1 is 1.52 bits per heavy atom. The molecule has 2 atom stereocenters. The van der Waals surface area contributed by atoms with E-state index in [1.54, 1.807) is 0 Å². The molecule has 0 spiro atoms. The number of aliphatic hydroxyl groups is 1. The molecule has 21 heavy (non-hydrogen) atoms. The normalized spacial score (nSPS) is 25.0. The van der Waals surface area contributed by atoms with Gasteiger partial charge in [0.05, 0.1) is 12.3 Å². The van der Waals surface area contributed by atoms with Crippen molar-refractivity contribution >= 4 is 6.03 Å². The molecule has 2 unspecified atom stereocenters. The lowest BCUT2D eigenvalue weighted by molar-refractivity contribution is 0.121. The van der Waals surface area contributed by atoms with Gasteiger partial charge in [-0.2, -0.15) is 0 Å². The number of nitrogens with one attached hydrogen (secondary N) is 2. The largest absolute Gasteiger partial charge is 0.396 e. The van der Waals surface area contributed by atoms with Crippen LogP contribution in [0, 0.1) is 19.3 Å². The molecular formula is C15H25N3O3. The molecule has 0 radical (unpaired) electrons. The molecule has 2 amide bonds. The summed E-state index contributed by atoms with van der Waals surface area (Å²) in [5.41, 5.74) is 1.73. The van der Waals surface area contributed by atoms with E-state index in [0.717, 1.165) is 36.3 Å². The SMILES string of the molecule is Cc1noc(C)c1CCNC(=O)NC1CCCC1(C)CO. The van der Waals surface area contributed by atoms with Crippen molar-refractivity contribution in [1.82, 2.24) is 15.8 Å². The van der Waals surface area contributed by atoms with Crippen LogP contribution < -0.4 is 10.6 Å². The third-order valence-electron chi connectivity index (χ3n) is 4.59. The summed E-state index contributed by atoms with van der Waals surface area (Å²) in [5.74, 6) is 0.804. The van der Waals surface area contributed by atoms with Gasteiger partial charge in [0.2, 0.25) is 0 Å². The molecule has 1 aromatic rings. The van der Waals surface area contributed by atoms with Crippen LogP contribution in [0.25, 0.3) is 0 Å². The average molecular weight is 295 g/mol. The van der Waals surface area contributed by atoms with E-state index in [1.165, 1.54) is 0 Å². The van der Waals surface area contributed by atoms with E-state index >= 15 is 0 Å². The molecule has 3 N–H and O–H groups in total. The predicted molar refractivity (Wildman–Crippen MR) is 79.0 cm³/mol. The van der Waals surface area contributed by atoms with E-state index in [9.17, 15) is 9.90 Å². The van der Waals surface area contributed by atoms with Crippen LogP contribution in [-0.4, -0.2) is 35.5 Å². The predicted octanol–water partition coefficient (Wildman–Crippen LogP) is 1.68. The van der Waals surface area contributed by atoms with Crippen LogP contribution in [0.5, 0.6) is 0 Å². The van der Waals surface area contributed by atoms with Gasteiger partial charge in [-0.25, -0.2) is 4.79 Å². The summed E-state index contributed by atoms with van der Waals surface area (Å²) in [5, 5.41) is 19.2. The van der Waals surface area contributed by atoms with Gasteiger partial charge < -0.3 is 20.3 Å². The van der Waals surface area contributed by atoms with E-state index in [0.29, 0.717) is 13.0 Å².